The van der Waals surface area contributed by atoms with Gasteiger partial charge in [0.05, 0.1) is 0 Å². The van der Waals surface area contributed by atoms with Gasteiger partial charge < -0.3 is 4.74 Å². The van der Waals surface area contributed by atoms with Crippen molar-refractivity contribution in [2.45, 2.75) is 52.1 Å². The highest BCUT2D eigenvalue weighted by Crippen LogP contribution is 2.23. The largest absolute Gasteiger partial charge is 0.459 e. The van der Waals surface area contributed by atoms with Crippen LogP contribution in [0.2, 0.25) is 0 Å². The van der Waals surface area contributed by atoms with Crippen LogP contribution in [-0.4, -0.2) is 17.4 Å². The van der Waals surface area contributed by atoms with Crippen LogP contribution in [-0.2, 0) is 9.53 Å². The number of benzene rings is 2. The lowest BCUT2D eigenvalue weighted by molar-refractivity contribution is -0.155. The van der Waals surface area contributed by atoms with Crippen molar-refractivity contribution in [1.82, 2.24) is 0 Å². The summed E-state index contributed by atoms with van der Waals surface area (Å²) in [5, 5.41) is 1.86. The topological polar surface area (TPSA) is 43.4 Å². The van der Waals surface area contributed by atoms with E-state index in [0.29, 0.717) is 11.5 Å². The second kappa shape index (κ2) is 8.79. The lowest BCUT2D eigenvalue weighted by atomic mass is 9.96. The van der Waals surface area contributed by atoms with Crippen molar-refractivity contribution in [3.63, 3.8) is 0 Å². The molecule has 2 aromatic carbocycles. The molecular formula is C23H28O3. The quantitative estimate of drug-likeness (QED) is 0.251. The summed E-state index contributed by atoms with van der Waals surface area (Å²) in [7, 11) is 0. The van der Waals surface area contributed by atoms with E-state index < -0.39 is 11.6 Å². The molecule has 0 amide bonds. The Bertz CT molecular complexity index is 784. The lowest BCUT2D eigenvalue weighted by Gasteiger charge is -2.25. The van der Waals surface area contributed by atoms with Gasteiger partial charge in [0.15, 0.2) is 5.78 Å². The Morgan fingerprint density at radius 2 is 1.85 bits per heavy atom. The normalized spacial score (nSPS) is 12.6. The molecule has 3 nitrogen and oxygen atoms in total. The number of hydrogen-bond donors (Lipinski definition) is 0. The molecule has 0 spiro atoms. The van der Waals surface area contributed by atoms with Crippen molar-refractivity contribution in [3.8, 4) is 0 Å². The Hall–Kier alpha value is -2.42. The third-order valence-corrected chi connectivity index (χ3v) is 4.63. The zero-order valence-corrected chi connectivity index (χ0v) is 16.0. The van der Waals surface area contributed by atoms with E-state index in [1.807, 2.05) is 56.3 Å². The highest BCUT2D eigenvalue weighted by atomic mass is 16.6. The first-order valence-electron chi connectivity index (χ1n) is 9.18. The molecule has 0 saturated heterocycles. The van der Waals surface area contributed by atoms with E-state index in [9.17, 15) is 9.59 Å². The number of hydrogen-bond acceptors (Lipinski definition) is 3. The van der Waals surface area contributed by atoms with Gasteiger partial charge in [0.2, 0.25) is 0 Å². The van der Waals surface area contributed by atoms with Crippen molar-refractivity contribution < 1.29 is 14.3 Å². The van der Waals surface area contributed by atoms with E-state index in [1.54, 1.807) is 6.07 Å². The molecule has 0 aliphatic heterocycles. The van der Waals surface area contributed by atoms with Crippen molar-refractivity contribution in [2.24, 2.45) is 5.92 Å². The van der Waals surface area contributed by atoms with Crippen LogP contribution >= 0.6 is 0 Å². The summed E-state index contributed by atoms with van der Waals surface area (Å²) in [6.07, 6.45) is 4.42. The summed E-state index contributed by atoms with van der Waals surface area (Å²) in [4.78, 5) is 24.9. The van der Waals surface area contributed by atoms with Gasteiger partial charge in [0.1, 0.15) is 12.0 Å². The van der Waals surface area contributed by atoms with Crippen molar-refractivity contribution in [1.29, 1.82) is 0 Å². The molecular weight excluding hydrogens is 324 g/mol. The molecule has 0 aliphatic carbocycles. The molecule has 3 heteroatoms. The number of ketones is 1. The molecule has 2 aromatic rings. The fraction of sp³-hybridized carbons (Fsp3) is 0.391. The predicted octanol–water partition coefficient (Wildman–Crippen LogP) is 5.73. The van der Waals surface area contributed by atoms with Crippen LogP contribution in [0.5, 0.6) is 0 Å². The fourth-order valence-corrected chi connectivity index (χ4v) is 3.06. The molecule has 0 N–H and O–H groups in total. The average Bonchev–Trinajstić information content (AvgIpc) is 2.60. The predicted molar refractivity (Wildman–Crippen MR) is 106 cm³/mol. The lowest BCUT2D eigenvalue weighted by Crippen LogP contribution is -2.29. The molecule has 0 radical (unpaired) electrons. The summed E-state index contributed by atoms with van der Waals surface area (Å²) in [5.41, 5.74) is -0.00513. The zero-order chi connectivity index (χ0) is 19.2. The maximum absolute atomic E-state index is 12.6. The summed E-state index contributed by atoms with van der Waals surface area (Å²) < 4.78 is 5.57. The zero-order valence-electron chi connectivity index (χ0n) is 16.0. The third-order valence-electron chi connectivity index (χ3n) is 4.63. The molecule has 0 heterocycles. The molecule has 0 bridgehead atoms. The maximum Gasteiger partial charge on any atom is 0.314 e. The number of allylic oxidation sites excluding steroid dienone is 1. The van der Waals surface area contributed by atoms with Gasteiger partial charge in [-0.05, 0) is 49.8 Å². The summed E-state index contributed by atoms with van der Waals surface area (Å²) in [5.74, 6) is -0.220. The van der Waals surface area contributed by atoms with Crippen LogP contribution in [0, 0.1) is 5.92 Å². The van der Waals surface area contributed by atoms with Crippen molar-refractivity contribution in [3.05, 3.63) is 60.7 Å². The van der Waals surface area contributed by atoms with Gasteiger partial charge in [0.25, 0.3) is 0 Å². The minimum atomic E-state index is -0.572. The molecule has 0 fully saturated rings. The number of esters is 1. The maximum atomic E-state index is 12.6. The van der Waals surface area contributed by atoms with Gasteiger partial charge in [0, 0.05) is 5.56 Å². The number of rotatable bonds is 9. The van der Waals surface area contributed by atoms with Crippen molar-refractivity contribution >= 4 is 22.5 Å². The van der Waals surface area contributed by atoms with Crippen LogP contribution < -0.4 is 0 Å². The molecule has 26 heavy (non-hydrogen) atoms. The molecule has 0 aromatic heterocycles. The second-order valence-electron chi connectivity index (χ2n) is 7.47. The van der Waals surface area contributed by atoms with E-state index in [4.69, 9.17) is 4.74 Å². The van der Waals surface area contributed by atoms with Crippen LogP contribution in [0.3, 0.4) is 0 Å². The van der Waals surface area contributed by atoms with Crippen LogP contribution in [0.25, 0.3) is 10.8 Å². The summed E-state index contributed by atoms with van der Waals surface area (Å²) >= 11 is 0. The first kappa shape index (κ1) is 19.9. The van der Waals surface area contributed by atoms with E-state index >= 15 is 0 Å². The number of fused-ring (bicyclic) bond motifs is 1. The Kier molecular flexibility index (Phi) is 6.73. The standard InChI is InChI=1S/C23H28O3/c1-5-17(2)10-9-15-23(3,4)26-22(25)16-21(24)20-14-8-12-18-11-6-7-13-19(18)20/h5-8,11-14,17H,1,9-10,15-16H2,2-4H3. The Morgan fingerprint density at radius 3 is 2.58 bits per heavy atom. The number of carbonyl (C=O) groups is 2. The fourth-order valence-electron chi connectivity index (χ4n) is 3.06. The van der Waals surface area contributed by atoms with Crippen LogP contribution in [0.1, 0.15) is 56.8 Å². The monoisotopic (exact) mass is 352 g/mol. The van der Waals surface area contributed by atoms with E-state index in [0.717, 1.165) is 30.0 Å². The minimum Gasteiger partial charge on any atom is -0.459 e. The van der Waals surface area contributed by atoms with Crippen molar-refractivity contribution in [2.75, 3.05) is 0 Å². The molecule has 0 saturated carbocycles. The van der Waals surface area contributed by atoms with E-state index in [1.165, 1.54) is 0 Å². The number of ether oxygens (including phenoxy) is 1. The number of carbonyl (C=O) groups excluding carboxylic acids is 2. The highest BCUT2D eigenvalue weighted by Gasteiger charge is 2.24. The van der Waals surface area contributed by atoms with Gasteiger partial charge in [-0.15, -0.1) is 6.58 Å². The highest BCUT2D eigenvalue weighted by molar-refractivity contribution is 6.13. The Labute approximate surface area is 156 Å². The molecule has 2 rings (SSSR count). The third kappa shape index (κ3) is 5.55. The summed E-state index contributed by atoms with van der Waals surface area (Å²) in [6.45, 7) is 9.69. The van der Waals surface area contributed by atoms with Crippen LogP contribution in [0.4, 0.5) is 0 Å². The Balaban J connectivity index is 1.96. The first-order valence-corrected chi connectivity index (χ1v) is 9.18. The molecule has 1 atom stereocenters. The van der Waals surface area contributed by atoms with Gasteiger partial charge >= 0.3 is 5.97 Å². The van der Waals surface area contributed by atoms with Gasteiger partial charge in [-0.1, -0.05) is 55.5 Å². The smallest absolute Gasteiger partial charge is 0.314 e. The molecule has 138 valence electrons. The van der Waals surface area contributed by atoms with Gasteiger partial charge in [-0.3, -0.25) is 9.59 Å². The van der Waals surface area contributed by atoms with Gasteiger partial charge in [-0.2, -0.15) is 0 Å². The van der Waals surface area contributed by atoms with Crippen LogP contribution in [0.15, 0.2) is 55.1 Å². The minimum absolute atomic E-state index is 0.206. The van der Waals surface area contributed by atoms with E-state index in [2.05, 4.69) is 13.5 Å². The van der Waals surface area contributed by atoms with Gasteiger partial charge in [-0.25, -0.2) is 0 Å². The second-order valence-corrected chi connectivity index (χ2v) is 7.47. The Morgan fingerprint density at radius 1 is 1.15 bits per heavy atom. The average molecular weight is 352 g/mol. The first-order chi connectivity index (χ1) is 12.3. The number of Topliss-reactive ketones (excluding diaryl/α,β-unsaturated/α-hetero) is 1. The van der Waals surface area contributed by atoms with E-state index in [-0.39, 0.29) is 12.2 Å². The molecule has 0 aliphatic rings. The SMILES string of the molecule is C=CC(C)CCCC(C)(C)OC(=O)CC(=O)c1cccc2ccccc12. The molecule has 1 unspecified atom stereocenters. The summed E-state index contributed by atoms with van der Waals surface area (Å²) in [6, 6.07) is 13.2.